The van der Waals surface area contributed by atoms with E-state index in [1.807, 2.05) is 25.1 Å². The summed E-state index contributed by atoms with van der Waals surface area (Å²) >= 11 is 1.61. The van der Waals surface area contributed by atoms with E-state index in [2.05, 4.69) is 10.3 Å². The molecule has 1 aliphatic rings. The maximum Gasteiger partial charge on any atom is 0.244 e. The number of carbonyl (C=O) groups is 1. The van der Waals surface area contributed by atoms with Crippen LogP contribution < -0.4 is 11.1 Å². The van der Waals surface area contributed by atoms with Crippen LogP contribution in [0.15, 0.2) is 18.2 Å². The largest absolute Gasteiger partial charge is 0.381 e. The second kappa shape index (κ2) is 6.27. The third-order valence-electron chi connectivity index (χ3n) is 3.59. The van der Waals surface area contributed by atoms with Crippen molar-refractivity contribution in [3.63, 3.8) is 0 Å². The standard InChI is InChI=1S/C14H17N3O2S.ClH/c1-9-16-11-3-2-10(8-12(11)20-9)17-13(18)14(15)4-6-19-7-5-14;/h2-3,8H,4-7,15H2,1H3,(H,17,18);1H. The van der Waals surface area contributed by atoms with Gasteiger partial charge < -0.3 is 15.8 Å². The number of benzene rings is 1. The van der Waals surface area contributed by atoms with Gasteiger partial charge in [0, 0.05) is 18.9 Å². The van der Waals surface area contributed by atoms with Crippen LogP contribution in [0.25, 0.3) is 10.2 Å². The van der Waals surface area contributed by atoms with Crippen LogP contribution in [0.2, 0.25) is 0 Å². The van der Waals surface area contributed by atoms with Crippen molar-refractivity contribution in [1.82, 2.24) is 4.98 Å². The van der Waals surface area contributed by atoms with Gasteiger partial charge in [-0.15, -0.1) is 23.7 Å². The minimum atomic E-state index is -0.823. The van der Waals surface area contributed by atoms with Gasteiger partial charge in [0.25, 0.3) is 0 Å². The van der Waals surface area contributed by atoms with Gasteiger partial charge in [-0.3, -0.25) is 4.79 Å². The number of aromatic nitrogens is 1. The molecular weight excluding hydrogens is 310 g/mol. The van der Waals surface area contributed by atoms with E-state index in [4.69, 9.17) is 10.5 Å². The molecule has 0 bridgehead atoms. The lowest BCUT2D eigenvalue weighted by atomic mass is 9.90. The Labute approximate surface area is 133 Å². The Hall–Kier alpha value is -1.21. The molecule has 0 spiro atoms. The molecule has 0 aliphatic carbocycles. The van der Waals surface area contributed by atoms with Crippen LogP contribution in [0.3, 0.4) is 0 Å². The van der Waals surface area contributed by atoms with Crippen LogP contribution >= 0.6 is 23.7 Å². The summed E-state index contributed by atoms with van der Waals surface area (Å²) in [5.41, 5.74) is 7.07. The molecular formula is C14H18ClN3O2S. The van der Waals surface area contributed by atoms with Crippen molar-refractivity contribution < 1.29 is 9.53 Å². The number of hydrogen-bond donors (Lipinski definition) is 2. The van der Waals surface area contributed by atoms with Gasteiger partial charge >= 0.3 is 0 Å². The van der Waals surface area contributed by atoms with Crippen molar-refractivity contribution in [1.29, 1.82) is 0 Å². The molecule has 1 fully saturated rings. The highest BCUT2D eigenvalue weighted by atomic mass is 35.5. The summed E-state index contributed by atoms with van der Waals surface area (Å²) in [5.74, 6) is -0.138. The first-order valence-electron chi connectivity index (χ1n) is 6.62. The number of nitrogens with one attached hydrogen (secondary N) is 1. The number of thiazole rings is 1. The summed E-state index contributed by atoms with van der Waals surface area (Å²) in [4.78, 5) is 16.7. The van der Waals surface area contributed by atoms with E-state index >= 15 is 0 Å². The lowest BCUT2D eigenvalue weighted by molar-refractivity contribution is -0.124. The molecule has 21 heavy (non-hydrogen) atoms. The molecule has 7 heteroatoms. The molecule has 1 aromatic carbocycles. The summed E-state index contributed by atoms with van der Waals surface area (Å²) in [6, 6.07) is 5.73. The average Bonchev–Trinajstić information content (AvgIpc) is 2.79. The summed E-state index contributed by atoms with van der Waals surface area (Å²) in [7, 11) is 0. The molecule has 1 amide bonds. The number of amides is 1. The quantitative estimate of drug-likeness (QED) is 0.888. The summed E-state index contributed by atoms with van der Waals surface area (Å²) < 4.78 is 6.33. The van der Waals surface area contributed by atoms with Crippen molar-refractivity contribution in [3.8, 4) is 0 Å². The van der Waals surface area contributed by atoms with E-state index in [9.17, 15) is 4.79 Å². The van der Waals surface area contributed by atoms with E-state index in [1.54, 1.807) is 11.3 Å². The lowest BCUT2D eigenvalue weighted by Crippen LogP contribution is -2.54. The van der Waals surface area contributed by atoms with E-state index in [1.165, 1.54) is 0 Å². The Balaban J connectivity index is 0.00000161. The molecule has 1 saturated heterocycles. The van der Waals surface area contributed by atoms with Gasteiger partial charge in [0.2, 0.25) is 5.91 Å². The van der Waals surface area contributed by atoms with Gasteiger partial charge in [-0.2, -0.15) is 0 Å². The topological polar surface area (TPSA) is 77.2 Å². The highest BCUT2D eigenvalue weighted by Gasteiger charge is 2.35. The van der Waals surface area contributed by atoms with E-state index in [0.717, 1.165) is 20.9 Å². The molecule has 3 rings (SSSR count). The second-order valence-electron chi connectivity index (χ2n) is 5.14. The monoisotopic (exact) mass is 327 g/mol. The predicted molar refractivity (Wildman–Crippen MR) is 87.2 cm³/mol. The van der Waals surface area contributed by atoms with Crippen LogP contribution in [0.5, 0.6) is 0 Å². The molecule has 3 N–H and O–H groups in total. The molecule has 0 atom stereocenters. The lowest BCUT2D eigenvalue weighted by Gasteiger charge is -2.31. The van der Waals surface area contributed by atoms with Crippen LogP contribution in [-0.2, 0) is 9.53 Å². The van der Waals surface area contributed by atoms with E-state index in [0.29, 0.717) is 26.1 Å². The highest BCUT2D eigenvalue weighted by molar-refractivity contribution is 7.18. The first-order valence-corrected chi connectivity index (χ1v) is 7.44. The smallest absolute Gasteiger partial charge is 0.244 e. The van der Waals surface area contributed by atoms with Crippen molar-refractivity contribution in [2.24, 2.45) is 5.73 Å². The molecule has 0 saturated carbocycles. The minimum absolute atomic E-state index is 0. The van der Waals surface area contributed by atoms with Gasteiger partial charge in [-0.25, -0.2) is 4.98 Å². The van der Waals surface area contributed by atoms with Crippen molar-refractivity contribution in [2.45, 2.75) is 25.3 Å². The van der Waals surface area contributed by atoms with E-state index in [-0.39, 0.29) is 18.3 Å². The highest BCUT2D eigenvalue weighted by Crippen LogP contribution is 2.26. The summed E-state index contributed by atoms with van der Waals surface area (Å²) in [5, 5.41) is 3.93. The Morgan fingerprint density at radius 3 is 2.86 bits per heavy atom. The molecule has 5 nitrogen and oxygen atoms in total. The first kappa shape index (κ1) is 16.2. The Morgan fingerprint density at radius 1 is 1.43 bits per heavy atom. The number of ether oxygens (including phenoxy) is 1. The van der Waals surface area contributed by atoms with E-state index < -0.39 is 5.54 Å². The Morgan fingerprint density at radius 2 is 2.14 bits per heavy atom. The van der Waals surface area contributed by atoms with Gasteiger partial charge in [0.15, 0.2) is 0 Å². The van der Waals surface area contributed by atoms with Gasteiger partial charge in [-0.05, 0) is 38.0 Å². The fraction of sp³-hybridized carbons (Fsp3) is 0.429. The molecule has 114 valence electrons. The van der Waals surface area contributed by atoms with Gasteiger partial charge in [-0.1, -0.05) is 0 Å². The zero-order chi connectivity index (χ0) is 14.2. The second-order valence-corrected chi connectivity index (χ2v) is 6.37. The first-order chi connectivity index (χ1) is 9.57. The number of rotatable bonds is 2. The average molecular weight is 328 g/mol. The SMILES string of the molecule is Cc1nc2ccc(NC(=O)C3(N)CCOCC3)cc2s1.Cl. The third-order valence-corrected chi connectivity index (χ3v) is 4.52. The van der Waals surface area contributed by atoms with Crippen molar-refractivity contribution in [3.05, 3.63) is 23.2 Å². The molecule has 1 aromatic heterocycles. The molecule has 0 unspecified atom stereocenters. The number of nitrogens with two attached hydrogens (primary N) is 1. The molecule has 2 aromatic rings. The summed E-state index contributed by atoms with van der Waals surface area (Å²) in [6.07, 6.45) is 1.11. The van der Waals surface area contributed by atoms with Gasteiger partial charge in [0.1, 0.15) is 5.54 Å². The van der Waals surface area contributed by atoms with Crippen LogP contribution in [0.1, 0.15) is 17.8 Å². The number of fused-ring (bicyclic) bond motifs is 1. The number of hydrogen-bond acceptors (Lipinski definition) is 5. The van der Waals surface area contributed by atoms with Crippen LogP contribution in [-0.4, -0.2) is 29.6 Å². The number of aryl methyl sites for hydroxylation is 1. The Kier molecular flexibility index (Phi) is 4.83. The Bertz CT molecular complexity index is 653. The zero-order valence-electron chi connectivity index (χ0n) is 11.7. The maximum absolute atomic E-state index is 12.3. The fourth-order valence-corrected chi connectivity index (χ4v) is 3.20. The predicted octanol–water partition coefficient (Wildman–Crippen LogP) is 2.47. The minimum Gasteiger partial charge on any atom is -0.381 e. The third kappa shape index (κ3) is 3.35. The number of halogens is 1. The number of nitrogens with zero attached hydrogens (tertiary/aromatic N) is 1. The summed E-state index contributed by atoms with van der Waals surface area (Å²) in [6.45, 7) is 3.05. The zero-order valence-corrected chi connectivity index (χ0v) is 13.4. The fourth-order valence-electron chi connectivity index (χ4n) is 2.34. The molecule has 1 aliphatic heterocycles. The number of carbonyl (C=O) groups excluding carboxylic acids is 1. The van der Waals surface area contributed by atoms with Crippen molar-refractivity contribution >= 4 is 45.6 Å². The number of anilines is 1. The van der Waals surface area contributed by atoms with Gasteiger partial charge in [0.05, 0.1) is 15.2 Å². The van der Waals surface area contributed by atoms with Crippen LogP contribution in [0.4, 0.5) is 5.69 Å². The molecule has 0 radical (unpaired) electrons. The molecule has 2 heterocycles. The maximum atomic E-state index is 12.3. The normalized spacial score (nSPS) is 17.2. The van der Waals surface area contributed by atoms with Crippen LogP contribution in [0, 0.1) is 6.92 Å². The van der Waals surface area contributed by atoms with Crippen molar-refractivity contribution in [2.75, 3.05) is 18.5 Å².